The molecular formula is C23H21N5O2S. The van der Waals surface area contributed by atoms with E-state index in [0.29, 0.717) is 18.0 Å². The molecule has 0 radical (unpaired) electrons. The average molecular weight is 432 g/mol. The maximum atomic E-state index is 12.6. The zero-order valence-electron chi connectivity index (χ0n) is 17.3. The van der Waals surface area contributed by atoms with Crippen molar-refractivity contribution in [2.24, 2.45) is 0 Å². The summed E-state index contributed by atoms with van der Waals surface area (Å²) in [5.74, 6) is 0.782. The molecule has 1 aromatic carbocycles. The van der Waals surface area contributed by atoms with Crippen LogP contribution in [0.15, 0.2) is 48.8 Å². The van der Waals surface area contributed by atoms with E-state index in [1.165, 1.54) is 11.3 Å². The van der Waals surface area contributed by atoms with Gasteiger partial charge in [-0.25, -0.2) is 9.97 Å². The third-order valence-corrected chi connectivity index (χ3v) is 6.84. The molecule has 2 aliphatic heterocycles. The molecular weight excluding hydrogens is 410 g/mol. The van der Waals surface area contributed by atoms with Crippen LogP contribution in [0.1, 0.15) is 29.2 Å². The molecule has 1 amide bonds. The Morgan fingerprint density at radius 2 is 2.13 bits per heavy atom. The smallest absolute Gasteiger partial charge is 0.263 e. The van der Waals surface area contributed by atoms with Crippen molar-refractivity contribution in [2.75, 3.05) is 18.1 Å². The third-order valence-electron chi connectivity index (χ3n) is 5.72. The van der Waals surface area contributed by atoms with Gasteiger partial charge in [0.05, 0.1) is 29.8 Å². The fourth-order valence-electron chi connectivity index (χ4n) is 4.30. The molecule has 6 rings (SSSR count). The van der Waals surface area contributed by atoms with Crippen molar-refractivity contribution in [1.82, 2.24) is 19.7 Å². The summed E-state index contributed by atoms with van der Waals surface area (Å²) in [5, 5.41) is 3.90. The van der Waals surface area contributed by atoms with Gasteiger partial charge < -0.3 is 15.0 Å². The van der Waals surface area contributed by atoms with Crippen molar-refractivity contribution in [3.8, 4) is 17.0 Å². The van der Waals surface area contributed by atoms with E-state index in [-0.39, 0.29) is 11.4 Å². The molecule has 31 heavy (non-hydrogen) atoms. The Morgan fingerprint density at radius 3 is 3.03 bits per heavy atom. The minimum absolute atomic E-state index is 0.0389. The van der Waals surface area contributed by atoms with Gasteiger partial charge in [0.2, 0.25) is 0 Å². The Labute approximate surface area is 183 Å². The first-order valence-electron chi connectivity index (χ1n) is 10.3. The van der Waals surface area contributed by atoms with Crippen molar-refractivity contribution >= 4 is 33.7 Å². The first kappa shape index (κ1) is 18.4. The van der Waals surface area contributed by atoms with Gasteiger partial charge in [-0.3, -0.25) is 9.20 Å². The van der Waals surface area contributed by atoms with Crippen LogP contribution in [0.3, 0.4) is 0 Å². The lowest BCUT2D eigenvalue weighted by molar-refractivity contribution is 0.0901. The SMILES string of the molecule is CC1(C)Cc2nc(N3CCOc4ccc(-c5cnc6ccccn56)cc43)sc2C(=O)N1. The summed E-state index contributed by atoms with van der Waals surface area (Å²) in [7, 11) is 0. The first-order valence-corrected chi connectivity index (χ1v) is 11.1. The Hall–Kier alpha value is -3.39. The molecule has 1 N–H and O–H groups in total. The highest BCUT2D eigenvalue weighted by atomic mass is 32.1. The van der Waals surface area contributed by atoms with Gasteiger partial charge in [-0.1, -0.05) is 17.4 Å². The fraction of sp³-hybridized carbons (Fsp3) is 0.261. The van der Waals surface area contributed by atoms with E-state index in [2.05, 4.69) is 31.7 Å². The Balaban J connectivity index is 1.44. The molecule has 5 heterocycles. The van der Waals surface area contributed by atoms with Crippen molar-refractivity contribution in [3.63, 3.8) is 0 Å². The second-order valence-corrected chi connectivity index (χ2v) is 9.52. The summed E-state index contributed by atoms with van der Waals surface area (Å²) in [4.78, 5) is 24.8. The van der Waals surface area contributed by atoms with Gasteiger partial charge in [0.15, 0.2) is 5.13 Å². The van der Waals surface area contributed by atoms with Gasteiger partial charge in [0, 0.05) is 23.7 Å². The van der Waals surface area contributed by atoms with Crippen molar-refractivity contribution in [3.05, 3.63) is 59.4 Å². The maximum absolute atomic E-state index is 12.6. The van der Waals surface area contributed by atoms with Crippen LogP contribution in [0.25, 0.3) is 16.9 Å². The van der Waals surface area contributed by atoms with Crippen LogP contribution >= 0.6 is 11.3 Å². The molecule has 3 aromatic heterocycles. The van der Waals surface area contributed by atoms with E-state index >= 15 is 0 Å². The number of thiazole rings is 1. The summed E-state index contributed by atoms with van der Waals surface area (Å²) in [5.41, 5.74) is 4.52. The number of carbonyl (C=O) groups is 1. The van der Waals surface area contributed by atoms with Crippen LogP contribution in [0.5, 0.6) is 5.75 Å². The molecule has 8 heteroatoms. The number of hydrogen-bond donors (Lipinski definition) is 1. The number of nitrogens with zero attached hydrogens (tertiary/aromatic N) is 4. The summed E-state index contributed by atoms with van der Waals surface area (Å²) >= 11 is 1.45. The number of aromatic nitrogens is 3. The summed E-state index contributed by atoms with van der Waals surface area (Å²) in [6.45, 7) is 5.31. The van der Waals surface area contributed by atoms with Gasteiger partial charge in [-0.15, -0.1) is 0 Å². The number of benzene rings is 1. The largest absolute Gasteiger partial charge is 0.490 e. The minimum atomic E-state index is -0.283. The molecule has 0 bridgehead atoms. The van der Waals surface area contributed by atoms with Crippen molar-refractivity contribution in [2.45, 2.75) is 25.8 Å². The number of hydrogen-bond acceptors (Lipinski definition) is 6. The van der Waals surface area contributed by atoms with Crippen LogP contribution in [-0.2, 0) is 6.42 Å². The fourth-order valence-corrected chi connectivity index (χ4v) is 5.32. The summed E-state index contributed by atoms with van der Waals surface area (Å²) in [6, 6.07) is 12.2. The lowest BCUT2D eigenvalue weighted by Crippen LogP contribution is -2.48. The lowest BCUT2D eigenvalue weighted by Gasteiger charge is -2.29. The minimum Gasteiger partial charge on any atom is -0.490 e. The highest BCUT2D eigenvalue weighted by molar-refractivity contribution is 7.17. The number of fused-ring (bicyclic) bond motifs is 3. The highest BCUT2D eigenvalue weighted by Crippen LogP contribution is 2.42. The zero-order valence-corrected chi connectivity index (χ0v) is 18.1. The van der Waals surface area contributed by atoms with Crippen LogP contribution < -0.4 is 15.0 Å². The number of amides is 1. The number of ether oxygens (including phenoxy) is 1. The van der Waals surface area contributed by atoms with Gasteiger partial charge in [-0.05, 0) is 44.2 Å². The van der Waals surface area contributed by atoms with Gasteiger partial charge in [0.25, 0.3) is 5.91 Å². The first-order chi connectivity index (χ1) is 15.0. The van der Waals surface area contributed by atoms with E-state index in [1.54, 1.807) is 0 Å². The average Bonchev–Trinajstić information content (AvgIpc) is 3.36. The van der Waals surface area contributed by atoms with Gasteiger partial charge >= 0.3 is 0 Å². The Bertz CT molecular complexity index is 1340. The van der Waals surface area contributed by atoms with E-state index < -0.39 is 0 Å². The monoisotopic (exact) mass is 431 g/mol. The normalized spacial score (nSPS) is 17.1. The van der Waals surface area contributed by atoms with Crippen molar-refractivity contribution in [1.29, 1.82) is 0 Å². The molecule has 0 fully saturated rings. The molecule has 0 unspecified atom stereocenters. The number of anilines is 2. The third kappa shape index (κ3) is 2.97. The Morgan fingerprint density at radius 1 is 1.23 bits per heavy atom. The molecule has 0 saturated heterocycles. The number of imidazole rings is 1. The van der Waals surface area contributed by atoms with E-state index in [9.17, 15) is 4.79 Å². The molecule has 4 aromatic rings. The molecule has 156 valence electrons. The molecule has 0 atom stereocenters. The van der Waals surface area contributed by atoms with E-state index in [0.717, 1.165) is 45.6 Å². The molecule has 0 aliphatic carbocycles. The standard InChI is InChI=1S/C23H21N5O2S/c1-23(2)12-15-20(21(29)26-23)31-22(25-15)28-9-10-30-18-7-6-14(11-16(18)28)17-13-24-19-5-3-4-8-27(17)19/h3-8,11,13H,9-10,12H2,1-2H3,(H,26,29). The van der Waals surface area contributed by atoms with Gasteiger partial charge in [0.1, 0.15) is 22.9 Å². The summed E-state index contributed by atoms with van der Waals surface area (Å²) in [6.07, 6.45) is 4.63. The van der Waals surface area contributed by atoms with Crippen molar-refractivity contribution < 1.29 is 9.53 Å². The molecule has 2 aliphatic rings. The maximum Gasteiger partial charge on any atom is 0.263 e. The predicted octanol–water partition coefficient (Wildman–Crippen LogP) is 4.05. The molecule has 7 nitrogen and oxygen atoms in total. The lowest BCUT2D eigenvalue weighted by atomic mass is 9.94. The van der Waals surface area contributed by atoms with E-state index in [1.807, 2.05) is 50.5 Å². The van der Waals surface area contributed by atoms with Crippen LogP contribution in [-0.4, -0.2) is 39.0 Å². The number of rotatable bonds is 2. The number of carbonyl (C=O) groups excluding carboxylic acids is 1. The topological polar surface area (TPSA) is 71.8 Å². The Kier molecular flexibility index (Phi) is 3.89. The number of nitrogens with one attached hydrogen (secondary N) is 1. The second-order valence-electron chi connectivity index (χ2n) is 8.54. The van der Waals surface area contributed by atoms with E-state index in [4.69, 9.17) is 9.72 Å². The summed E-state index contributed by atoms with van der Waals surface area (Å²) < 4.78 is 8.00. The molecule has 0 saturated carbocycles. The quantitative estimate of drug-likeness (QED) is 0.518. The second kappa shape index (κ2) is 6.55. The van der Waals surface area contributed by atoms with Crippen LogP contribution in [0, 0.1) is 0 Å². The van der Waals surface area contributed by atoms with Gasteiger partial charge in [-0.2, -0.15) is 0 Å². The van der Waals surface area contributed by atoms with Crippen LogP contribution in [0.2, 0.25) is 0 Å². The highest BCUT2D eigenvalue weighted by Gasteiger charge is 2.34. The zero-order chi connectivity index (χ0) is 21.2. The predicted molar refractivity (Wildman–Crippen MR) is 120 cm³/mol. The number of pyridine rings is 1. The molecule has 0 spiro atoms. The van der Waals surface area contributed by atoms with Crippen LogP contribution in [0.4, 0.5) is 10.8 Å².